The third kappa shape index (κ3) is 1.80. The van der Waals surface area contributed by atoms with E-state index in [1.54, 1.807) is 12.3 Å². The number of imide groups is 1. The molecule has 6 nitrogen and oxygen atoms in total. The third-order valence-corrected chi connectivity index (χ3v) is 3.66. The van der Waals surface area contributed by atoms with Crippen LogP contribution >= 0.6 is 0 Å². The SMILES string of the molecule is CC1CC(=O)NC(=O)C1N1Cc2ccncc2C1=O. The van der Waals surface area contributed by atoms with Crippen molar-refractivity contribution in [3.63, 3.8) is 0 Å². The van der Waals surface area contributed by atoms with Crippen LogP contribution in [0, 0.1) is 5.92 Å². The molecule has 1 N–H and O–H groups in total. The highest BCUT2D eigenvalue weighted by Gasteiger charge is 2.42. The molecule has 6 heteroatoms. The first-order valence-electron chi connectivity index (χ1n) is 6.15. The largest absolute Gasteiger partial charge is 0.322 e. The molecule has 2 atom stereocenters. The minimum Gasteiger partial charge on any atom is -0.322 e. The number of nitrogens with zero attached hydrogens (tertiary/aromatic N) is 2. The van der Waals surface area contributed by atoms with Crippen LogP contribution in [0.5, 0.6) is 0 Å². The van der Waals surface area contributed by atoms with Crippen molar-refractivity contribution in [1.29, 1.82) is 0 Å². The van der Waals surface area contributed by atoms with E-state index in [0.717, 1.165) is 5.56 Å². The number of nitrogens with one attached hydrogen (secondary N) is 1. The lowest BCUT2D eigenvalue weighted by Gasteiger charge is -2.34. The number of carbonyl (C=O) groups is 3. The molecule has 0 aliphatic carbocycles. The zero-order chi connectivity index (χ0) is 13.6. The molecule has 1 saturated heterocycles. The number of rotatable bonds is 1. The van der Waals surface area contributed by atoms with Gasteiger partial charge < -0.3 is 4.90 Å². The maximum atomic E-state index is 12.3. The maximum Gasteiger partial charge on any atom is 0.256 e. The summed E-state index contributed by atoms with van der Waals surface area (Å²) in [7, 11) is 0. The highest BCUT2D eigenvalue weighted by molar-refractivity contribution is 6.05. The molecular formula is C13H13N3O3. The minimum absolute atomic E-state index is 0.174. The van der Waals surface area contributed by atoms with Gasteiger partial charge in [-0.15, -0.1) is 0 Å². The molecule has 19 heavy (non-hydrogen) atoms. The summed E-state index contributed by atoms with van der Waals surface area (Å²) < 4.78 is 0. The Hall–Kier alpha value is -2.24. The molecule has 3 heterocycles. The molecule has 3 rings (SSSR count). The van der Waals surface area contributed by atoms with Crippen molar-refractivity contribution >= 4 is 17.7 Å². The Kier molecular flexibility index (Phi) is 2.58. The average molecular weight is 259 g/mol. The van der Waals surface area contributed by atoms with E-state index in [1.165, 1.54) is 11.1 Å². The Balaban J connectivity index is 1.91. The summed E-state index contributed by atoms with van der Waals surface area (Å²) in [5.41, 5.74) is 1.41. The van der Waals surface area contributed by atoms with Crippen LogP contribution in [0.25, 0.3) is 0 Å². The molecule has 3 amide bonds. The Morgan fingerprint density at radius 1 is 1.37 bits per heavy atom. The lowest BCUT2D eigenvalue weighted by Crippen LogP contribution is -2.56. The second-order valence-electron chi connectivity index (χ2n) is 5.00. The van der Waals surface area contributed by atoms with Gasteiger partial charge in [0.2, 0.25) is 11.8 Å². The van der Waals surface area contributed by atoms with E-state index in [1.807, 2.05) is 6.92 Å². The van der Waals surface area contributed by atoms with Gasteiger partial charge in [0.05, 0.1) is 5.56 Å². The zero-order valence-electron chi connectivity index (χ0n) is 10.4. The van der Waals surface area contributed by atoms with Crippen LogP contribution in [-0.4, -0.2) is 33.6 Å². The molecule has 1 aromatic heterocycles. The second kappa shape index (κ2) is 4.15. The highest BCUT2D eigenvalue weighted by atomic mass is 16.2. The number of hydrogen-bond acceptors (Lipinski definition) is 4. The van der Waals surface area contributed by atoms with Crippen LogP contribution in [0.1, 0.15) is 29.3 Å². The van der Waals surface area contributed by atoms with E-state index in [-0.39, 0.29) is 24.2 Å². The number of carbonyl (C=O) groups excluding carboxylic acids is 3. The van der Waals surface area contributed by atoms with E-state index >= 15 is 0 Å². The lowest BCUT2D eigenvalue weighted by molar-refractivity contribution is -0.139. The zero-order valence-corrected chi connectivity index (χ0v) is 10.4. The van der Waals surface area contributed by atoms with Crippen LogP contribution in [-0.2, 0) is 16.1 Å². The number of hydrogen-bond donors (Lipinski definition) is 1. The molecule has 1 fully saturated rings. The summed E-state index contributed by atoms with van der Waals surface area (Å²) in [6, 6.07) is 1.20. The van der Waals surface area contributed by atoms with Gasteiger partial charge in [-0.25, -0.2) is 0 Å². The van der Waals surface area contributed by atoms with Gasteiger partial charge in [-0.05, 0) is 17.5 Å². The fourth-order valence-electron chi connectivity index (χ4n) is 2.76. The molecule has 98 valence electrons. The van der Waals surface area contributed by atoms with Crippen molar-refractivity contribution in [3.05, 3.63) is 29.6 Å². The molecule has 0 saturated carbocycles. The van der Waals surface area contributed by atoms with Crippen LogP contribution in [0.3, 0.4) is 0 Å². The van der Waals surface area contributed by atoms with E-state index in [2.05, 4.69) is 10.3 Å². The summed E-state index contributed by atoms with van der Waals surface area (Å²) in [5, 5.41) is 2.30. The first-order valence-corrected chi connectivity index (χ1v) is 6.15. The summed E-state index contributed by atoms with van der Waals surface area (Å²) in [6.45, 7) is 2.21. The molecular weight excluding hydrogens is 246 g/mol. The fourth-order valence-corrected chi connectivity index (χ4v) is 2.76. The molecule has 2 aliphatic rings. The number of amides is 3. The number of pyridine rings is 1. The third-order valence-electron chi connectivity index (χ3n) is 3.66. The smallest absolute Gasteiger partial charge is 0.256 e. The molecule has 1 aromatic rings. The van der Waals surface area contributed by atoms with Gasteiger partial charge in [0.1, 0.15) is 6.04 Å². The van der Waals surface area contributed by atoms with Crippen molar-refractivity contribution in [2.75, 3.05) is 0 Å². The van der Waals surface area contributed by atoms with Gasteiger partial charge in [-0.3, -0.25) is 24.7 Å². The molecule has 0 bridgehead atoms. The van der Waals surface area contributed by atoms with Crippen LogP contribution in [0.15, 0.2) is 18.5 Å². The number of aromatic nitrogens is 1. The fraction of sp³-hybridized carbons (Fsp3) is 0.385. The van der Waals surface area contributed by atoms with Crippen molar-refractivity contribution in [3.8, 4) is 0 Å². The summed E-state index contributed by atoms with van der Waals surface area (Å²) in [4.78, 5) is 41.0. The first-order chi connectivity index (χ1) is 9.08. The minimum atomic E-state index is -0.586. The normalized spacial score (nSPS) is 26.4. The Bertz CT molecular complexity index is 584. The monoisotopic (exact) mass is 259 g/mol. The van der Waals surface area contributed by atoms with E-state index < -0.39 is 11.9 Å². The molecule has 2 aliphatic heterocycles. The predicted octanol–water partition coefficient (Wildman–Crippen LogP) is 0.0886. The lowest BCUT2D eigenvalue weighted by atomic mass is 9.92. The van der Waals surface area contributed by atoms with Crippen molar-refractivity contribution in [1.82, 2.24) is 15.2 Å². The Morgan fingerprint density at radius 2 is 2.16 bits per heavy atom. The number of fused-ring (bicyclic) bond motifs is 1. The van der Waals surface area contributed by atoms with Crippen molar-refractivity contribution in [2.45, 2.75) is 25.9 Å². The van der Waals surface area contributed by atoms with Crippen molar-refractivity contribution < 1.29 is 14.4 Å². The molecule has 0 spiro atoms. The standard InChI is InChI=1S/C13H13N3O3/c1-7-4-10(17)15-12(18)11(7)16-6-8-2-3-14-5-9(8)13(16)19/h2-3,5,7,11H,4,6H2,1H3,(H,15,17,18). The van der Waals surface area contributed by atoms with Gasteiger partial charge >= 0.3 is 0 Å². The quantitative estimate of drug-likeness (QED) is 0.725. The molecule has 0 aromatic carbocycles. The second-order valence-corrected chi connectivity index (χ2v) is 5.00. The highest BCUT2D eigenvalue weighted by Crippen LogP contribution is 2.28. The predicted molar refractivity (Wildman–Crippen MR) is 64.8 cm³/mol. The van der Waals surface area contributed by atoms with Crippen molar-refractivity contribution in [2.24, 2.45) is 5.92 Å². The first kappa shape index (κ1) is 11.8. The van der Waals surface area contributed by atoms with E-state index in [4.69, 9.17) is 0 Å². The Labute approximate surface area is 109 Å². The van der Waals surface area contributed by atoms with Crippen LogP contribution in [0.4, 0.5) is 0 Å². The summed E-state index contributed by atoms with van der Waals surface area (Å²) >= 11 is 0. The van der Waals surface area contributed by atoms with Crippen LogP contribution in [0.2, 0.25) is 0 Å². The van der Waals surface area contributed by atoms with Crippen LogP contribution < -0.4 is 5.32 Å². The molecule has 2 unspecified atom stereocenters. The topological polar surface area (TPSA) is 79.4 Å². The van der Waals surface area contributed by atoms with Gasteiger partial charge in [0.25, 0.3) is 5.91 Å². The summed E-state index contributed by atoms with van der Waals surface area (Å²) in [6.07, 6.45) is 3.41. The van der Waals surface area contributed by atoms with Gasteiger partial charge in [-0.2, -0.15) is 0 Å². The summed E-state index contributed by atoms with van der Waals surface area (Å²) in [5.74, 6) is -1.03. The van der Waals surface area contributed by atoms with Gasteiger partial charge in [-0.1, -0.05) is 6.92 Å². The molecule has 0 radical (unpaired) electrons. The Morgan fingerprint density at radius 3 is 2.84 bits per heavy atom. The van der Waals surface area contributed by atoms with Gasteiger partial charge in [0, 0.05) is 25.4 Å². The van der Waals surface area contributed by atoms with Gasteiger partial charge in [0.15, 0.2) is 0 Å². The average Bonchev–Trinajstić information content (AvgIpc) is 2.66. The number of piperidine rings is 1. The maximum absolute atomic E-state index is 12.3. The van der Waals surface area contributed by atoms with E-state index in [0.29, 0.717) is 12.1 Å². The van der Waals surface area contributed by atoms with E-state index in [9.17, 15) is 14.4 Å².